The minimum atomic E-state index is -5.69. The lowest BCUT2D eigenvalue weighted by atomic mass is 9.54. The van der Waals surface area contributed by atoms with Gasteiger partial charge in [-0.1, -0.05) is 12.5 Å². The van der Waals surface area contributed by atoms with Crippen molar-refractivity contribution in [1.82, 2.24) is 19.5 Å². The van der Waals surface area contributed by atoms with E-state index in [0.717, 1.165) is 0 Å². The van der Waals surface area contributed by atoms with Crippen LogP contribution in [0.1, 0.15) is 11.7 Å². The van der Waals surface area contributed by atoms with Gasteiger partial charge in [0, 0.05) is 5.92 Å². The predicted octanol–water partition coefficient (Wildman–Crippen LogP) is 0.817. The van der Waals surface area contributed by atoms with Gasteiger partial charge in [-0.05, 0) is 12.5 Å². The Morgan fingerprint density at radius 3 is 2.42 bits per heavy atom. The highest BCUT2D eigenvalue weighted by atomic mass is 31.3. The molecule has 1 saturated carbocycles. The molecule has 33 heavy (non-hydrogen) atoms. The Hall–Kier alpha value is -1.78. The largest absolute Gasteiger partial charge is 0.490 e. The Morgan fingerprint density at radius 2 is 1.85 bits per heavy atom. The Balaban J connectivity index is 1.82. The number of terminal acetylenes is 1. The van der Waals surface area contributed by atoms with Crippen molar-refractivity contribution in [2.45, 2.75) is 13.0 Å². The normalized spacial score (nSPS) is 26.9. The van der Waals surface area contributed by atoms with Crippen LogP contribution in [0.2, 0.25) is 0 Å². The molecule has 0 bridgehead atoms. The lowest BCUT2D eigenvalue weighted by Gasteiger charge is -2.53. The van der Waals surface area contributed by atoms with Gasteiger partial charge in [0.05, 0.1) is 36.7 Å². The third kappa shape index (κ3) is 5.02. The van der Waals surface area contributed by atoms with Gasteiger partial charge < -0.3 is 29.2 Å². The fourth-order valence-corrected chi connectivity index (χ4v) is 6.70. The predicted molar refractivity (Wildman–Crippen MR) is 110 cm³/mol. The maximum absolute atomic E-state index is 12.1. The van der Waals surface area contributed by atoms with Gasteiger partial charge in [-0.2, -0.15) is 8.62 Å². The molecule has 0 amide bonds. The number of phosphoric ester groups is 1. The first-order valence-electron chi connectivity index (χ1n) is 8.87. The van der Waals surface area contributed by atoms with E-state index in [9.17, 15) is 28.6 Å². The smallest absolute Gasteiger partial charge is 0.396 e. The average Bonchev–Trinajstić information content (AvgIpc) is 3.08. The number of nitrogens with zero attached hydrogens (tertiary/aromatic N) is 4. The topological polar surface area (TPSA) is 224 Å². The molecular weight excluding hydrogens is 505 g/mol. The summed E-state index contributed by atoms with van der Waals surface area (Å²) in [5.41, 5.74) is 0.320. The Kier molecular flexibility index (Phi) is 6.87. The van der Waals surface area contributed by atoms with E-state index in [4.69, 9.17) is 20.7 Å². The zero-order valence-electron chi connectivity index (χ0n) is 16.8. The van der Waals surface area contributed by atoms with E-state index < -0.39 is 54.1 Å². The van der Waals surface area contributed by atoms with Gasteiger partial charge in [0.15, 0.2) is 5.65 Å². The molecule has 3 rings (SSSR count). The third-order valence-corrected chi connectivity index (χ3v) is 8.89. The molecule has 0 saturated heterocycles. The summed E-state index contributed by atoms with van der Waals surface area (Å²) in [4.78, 5) is 48.7. The number of hydrogen-bond acceptors (Lipinski definition) is 10. The summed E-state index contributed by atoms with van der Waals surface area (Å²) in [5.74, 6) is 1.55. The summed E-state index contributed by atoms with van der Waals surface area (Å²) in [5, 5.41) is 10.00. The highest BCUT2D eigenvalue weighted by Crippen LogP contribution is 2.67. The molecule has 1 aliphatic carbocycles. The Morgan fingerprint density at radius 1 is 1.18 bits per heavy atom. The summed E-state index contributed by atoms with van der Waals surface area (Å²) in [6.45, 7) is 4.32. The van der Waals surface area contributed by atoms with E-state index in [2.05, 4.69) is 36.1 Å². The molecule has 2 aromatic rings. The van der Waals surface area contributed by atoms with Crippen molar-refractivity contribution in [2.75, 3.05) is 13.2 Å². The highest BCUT2D eigenvalue weighted by molar-refractivity contribution is 7.66. The molecule has 1 fully saturated rings. The van der Waals surface area contributed by atoms with Crippen molar-refractivity contribution >= 4 is 34.6 Å². The first-order valence-corrected chi connectivity index (χ1v) is 13.4. The van der Waals surface area contributed by atoms with Crippen molar-refractivity contribution in [1.29, 1.82) is 0 Å². The number of aliphatic hydroxyl groups is 1. The van der Waals surface area contributed by atoms with Crippen LogP contribution in [0, 0.1) is 30.6 Å². The van der Waals surface area contributed by atoms with Crippen molar-refractivity contribution in [2.24, 2.45) is 11.3 Å². The van der Waals surface area contributed by atoms with Crippen molar-refractivity contribution < 1.29 is 51.5 Å². The fourth-order valence-electron chi connectivity index (χ4n) is 3.64. The number of hydrogen-bond donors (Lipinski definition) is 5. The molecule has 5 atom stereocenters. The van der Waals surface area contributed by atoms with Crippen molar-refractivity contribution in [3.8, 4) is 12.3 Å². The second-order valence-electron chi connectivity index (χ2n) is 7.02. The number of rotatable bonds is 9. The first kappa shape index (κ1) is 25.8. The Bertz CT molecular complexity index is 1280. The second-order valence-corrected chi connectivity index (χ2v) is 11.4. The van der Waals surface area contributed by atoms with Crippen LogP contribution < -0.4 is 0 Å². The number of aromatic nitrogens is 4. The number of phosphoric acid groups is 3. The van der Waals surface area contributed by atoms with Gasteiger partial charge in [0.2, 0.25) is 0 Å². The van der Waals surface area contributed by atoms with Crippen LogP contribution in [0.15, 0.2) is 24.8 Å². The molecule has 5 N–H and O–H groups in total. The summed E-state index contributed by atoms with van der Waals surface area (Å²) in [6.07, 6.45) is 8.40. The molecule has 0 aliphatic heterocycles. The number of imidazole rings is 1. The van der Waals surface area contributed by atoms with Gasteiger partial charge in [0.25, 0.3) is 0 Å². The number of fused-ring (bicyclic) bond motifs is 1. The van der Waals surface area contributed by atoms with Crippen LogP contribution in [0.5, 0.6) is 0 Å². The zero-order valence-corrected chi connectivity index (χ0v) is 19.5. The van der Waals surface area contributed by atoms with Gasteiger partial charge in [-0.3, -0.25) is 4.52 Å². The molecule has 1 aliphatic rings. The number of aliphatic hydroxyl groups excluding tert-OH is 1. The van der Waals surface area contributed by atoms with Gasteiger partial charge in [0.1, 0.15) is 11.8 Å². The lowest BCUT2D eigenvalue weighted by Crippen LogP contribution is -2.54. The maximum atomic E-state index is 12.1. The molecule has 15 nitrogen and oxygen atoms in total. The van der Waals surface area contributed by atoms with E-state index in [0.29, 0.717) is 16.9 Å². The molecule has 18 heteroatoms. The SMILES string of the molecule is C#C[C@]1(COP(=O)(O)OP(=O)(O)OP(=O)(O)O)C(=C)[C@@H](n2cnc3c(C)ncnc32)[C@@H]1CO. The quantitative estimate of drug-likeness (QED) is 0.174. The third-order valence-electron chi connectivity index (χ3n) is 5.11. The molecule has 0 spiro atoms. The van der Waals surface area contributed by atoms with Crippen molar-refractivity contribution in [3.05, 3.63) is 30.5 Å². The molecule has 2 heterocycles. The molecular formula is C15H19N4O11P3. The maximum Gasteiger partial charge on any atom is 0.490 e. The molecule has 2 unspecified atom stereocenters. The summed E-state index contributed by atoms with van der Waals surface area (Å²) < 4.78 is 48.0. The van der Waals surface area contributed by atoms with Crippen LogP contribution in [-0.2, 0) is 26.8 Å². The van der Waals surface area contributed by atoms with Crippen LogP contribution in [0.4, 0.5) is 0 Å². The minimum absolute atomic E-state index is 0.276. The van der Waals surface area contributed by atoms with E-state index >= 15 is 0 Å². The van der Waals surface area contributed by atoms with Gasteiger partial charge in [-0.25, -0.2) is 28.6 Å². The number of aryl methyl sites for hydroxylation is 1. The molecule has 0 aromatic carbocycles. The second kappa shape index (κ2) is 8.78. The van der Waals surface area contributed by atoms with E-state index in [1.54, 1.807) is 11.5 Å². The van der Waals surface area contributed by atoms with Gasteiger partial charge in [-0.15, -0.1) is 6.42 Å². The molecule has 2 aromatic heterocycles. The lowest BCUT2D eigenvalue weighted by molar-refractivity contribution is 0.00745. The molecule has 0 radical (unpaired) electrons. The fraction of sp³-hybridized carbons (Fsp3) is 0.400. The van der Waals surface area contributed by atoms with E-state index in [-0.39, 0.29) is 5.57 Å². The average molecular weight is 524 g/mol. The Labute approximate surface area is 186 Å². The van der Waals surface area contributed by atoms with Crippen molar-refractivity contribution in [3.63, 3.8) is 0 Å². The zero-order chi connectivity index (χ0) is 24.8. The van der Waals surface area contributed by atoms with Crippen LogP contribution in [0.3, 0.4) is 0 Å². The van der Waals surface area contributed by atoms with Crippen LogP contribution >= 0.6 is 23.5 Å². The van der Waals surface area contributed by atoms with Crippen LogP contribution in [-0.4, -0.2) is 57.4 Å². The highest BCUT2D eigenvalue weighted by Gasteiger charge is 2.58. The van der Waals surface area contributed by atoms with E-state index in [1.165, 1.54) is 12.7 Å². The first-order chi connectivity index (χ1) is 15.2. The molecule has 180 valence electrons. The van der Waals surface area contributed by atoms with E-state index in [1.807, 2.05) is 0 Å². The van der Waals surface area contributed by atoms with Crippen LogP contribution in [0.25, 0.3) is 11.2 Å². The monoisotopic (exact) mass is 524 g/mol. The summed E-state index contributed by atoms with van der Waals surface area (Å²) in [6, 6.07) is -0.630. The standard InChI is InChI=1S/C15H19N4O11P3/c1-4-15(6-28-32(24,25)30-33(26,27)29-31(21,22)23)9(2)13(11(15)5-20)19-8-18-12-10(3)16-7-17-14(12)19/h1,7-8,11,13,20H,2,5-6H2,3H3,(H,24,25)(H,26,27)(H2,21,22,23)/t11-,13+,15-/m0/s1. The minimum Gasteiger partial charge on any atom is -0.396 e. The summed E-state index contributed by atoms with van der Waals surface area (Å²) in [7, 11) is -16.6. The van der Waals surface area contributed by atoms with Gasteiger partial charge >= 0.3 is 23.5 Å². The summed E-state index contributed by atoms with van der Waals surface area (Å²) >= 11 is 0.